The van der Waals surface area contributed by atoms with Crippen LogP contribution in [0.1, 0.15) is 0 Å². The van der Waals surface area contributed by atoms with E-state index < -0.39 is 10.0 Å². The molecule has 1 aliphatic rings. The molecule has 0 aliphatic carbocycles. The number of anilines is 1. The zero-order valence-electron chi connectivity index (χ0n) is 17.6. The topological polar surface area (TPSA) is 97.8 Å². The highest BCUT2D eigenvalue weighted by atomic mass is 32.2. The number of amides is 1. The molecule has 33 heavy (non-hydrogen) atoms. The number of rotatable bonds is 6. The van der Waals surface area contributed by atoms with Crippen molar-refractivity contribution in [2.75, 3.05) is 38.2 Å². The second-order valence-electron chi connectivity index (χ2n) is 7.51. The van der Waals surface area contributed by atoms with Crippen molar-refractivity contribution in [1.29, 1.82) is 0 Å². The number of benzene rings is 3. The fourth-order valence-electron chi connectivity index (χ4n) is 3.62. The van der Waals surface area contributed by atoms with Gasteiger partial charge in [-0.3, -0.25) is 10.1 Å². The third-order valence-electron chi connectivity index (χ3n) is 5.30. The van der Waals surface area contributed by atoms with E-state index in [0.29, 0.717) is 47.4 Å². The molecule has 0 bridgehead atoms. The highest BCUT2D eigenvalue weighted by Crippen LogP contribution is 2.29. The fraction of sp³-hybridized carbons (Fsp3) is 0.217. The Kier molecular flexibility index (Phi) is 5.98. The minimum atomic E-state index is -3.60. The van der Waals surface area contributed by atoms with Crippen molar-refractivity contribution in [2.24, 2.45) is 0 Å². The number of ether oxygens (including phenoxy) is 2. The summed E-state index contributed by atoms with van der Waals surface area (Å²) in [6.07, 6.45) is 0. The third kappa shape index (κ3) is 4.69. The predicted molar refractivity (Wildman–Crippen MR) is 127 cm³/mol. The van der Waals surface area contributed by atoms with E-state index >= 15 is 0 Å². The molecule has 170 valence electrons. The van der Waals surface area contributed by atoms with Gasteiger partial charge in [0.1, 0.15) is 5.75 Å². The molecule has 8 nitrogen and oxygen atoms in total. The third-order valence-corrected chi connectivity index (χ3v) is 8.13. The van der Waals surface area contributed by atoms with Gasteiger partial charge in [-0.2, -0.15) is 4.31 Å². The SMILES string of the molecule is O=C(COc1ccc2ccccc2c1)Nc1nc2ccc(S(=O)(=O)N3CCOCC3)cc2s1. The molecule has 3 aromatic carbocycles. The van der Waals surface area contributed by atoms with Crippen LogP contribution in [0.5, 0.6) is 5.75 Å². The summed E-state index contributed by atoms with van der Waals surface area (Å²) in [7, 11) is -3.60. The van der Waals surface area contributed by atoms with Crippen LogP contribution in [0, 0.1) is 0 Å². The van der Waals surface area contributed by atoms with E-state index in [1.807, 2.05) is 42.5 Å². The summed E-state index contributed by atoms with van der Waals surface area (Å²) in [5.41, 5.74) is 0.617. The highest BCUT2D eigenvalue weighted by molar-refractivity contribution is 7.89. The molecule has 1 aromatic heterocycles. The summed E-state index contributed by atoms with van der Waals surface area (Å²) in [6.45, 7) is 1.28. The van der Waals surface area contributed by atoms with E-state index in [-0.39, 0.29) is 17.4 Å². The summed E-state index contributed by atoms with van der Waals surface area (Å²) < 4.78 is 38.7. The number of carbonyl (C=O) groups is 1. The second kappa shape index (κ2) is 9.06. The van der Waals surface area contributed by atoms with Crippen molar-refractivity contribution in [3.8, 4) is 5.75 Å². The molecule has 1 fully saturated rings. The molecule has 0 radical (unpaired) electrons. The van der Waals surface area contributed by atoms with Crippen LogP contribution < -0.4 is 10.1 Å². The van der Waals surface area contributed by atoms with Gasteiger partial charge in [-0.25, -0.2) is 13.4 Å². The smallest absolute Gasteiger partial charge is 0.264 e. The zero-order valence-corrected chi connectivity index (χ0v) is 19.2. The molecule has 10 heteroatoms. The highest BCUT2D eigenvalue weighted by Gasteiger charge is 2.26. The van der Waals surface area contributed by atoms with E-state index in [1.54, 1.807) is 18.2 Å². The van der Waals surface area contributed by atoms with Crippen molar-refractivity contribution < 1.29 is 22.7 Å². The standard InChI is InChI=1S/C23H21N3O5S2/c27-22(15-31-18-6-5-16-3-1-2-4-17(16)13-18)25-23-24-20-8-7-19(14-21(20)32-23)33(28,29)26-9-11-30-12-10-26/h1-8,13-14H,9-12,15H2,(H,24,25,27). The van der Waals surface area contributed by atoms with E-state index in [4.69, 9.17) is 9.47 Å². The molecule has 0 saturated carbocycles. The van der Waals surface area contributed by atoms with Crippen LogP contribution in [-0.2, 0) is 19.6 Å². The largest absolute Gasteiger partial charge is 0.484 e. The Balaban J connectivity index is 1.26. The molecule has 1 N–H and O–H groups in total. The quantitative estimate of drug-likeness (QED) is 0.451. The van der Waals surface area contributed by atoms with Gasteiger partial charge in [0.15, 0.2) is 11.7 Å². The first kappa shape index (κ1) is 21.8. The molecule has 1 aliphatic heterocycles. The summed E-state index contributed by atoms with van der Waals surface area (Å²) in [4.78, 5) is 17.0. The molecule has 0 spiro atoms. The monoisotopic (exact) mass is 483 g/mol. The number of carbonyl (C=O) groups excluding carboxylic acids is 1. The predicted octanol–water partition coefficient (Wildman–Crippen LogP) is 3.49. The van der Waals surface area contributed by atoms with Gasteiger partial charge in [-0.1, -0.05) is 41.7 Å². The number of fused-ring (bicyclic) bond motifs is 2. The van der Waals surface area contributed by atoms with Gasteiger partial charge < -0.3 is 9.47 Å². The van der Waals surface area contributed by atoms with Gasteiger partial charge in [0.2, 0.25) is 10.0 Å². The van der Waals surface area contributed by atoms with Crippen molar-refractivity contribution in [1.82, 2.24) is 9.29 Å². The van der Waals surface area contributed by atoms with Crippen LogP contribution in [0.15, 0.2) is 65.6 Å². The van der Waals surface area contributed by atoms with E-state index in [1.165, 1.54) is 15.6 Å². The number of nitrogens with one attached hydrogen (secondary N) is 1. The zero-order chi connectivity index (χ0) is 22.8. The number of morpholine rings is 1. The normalized spacial score (nSPS) is 15.0. The van der Waals surface area contributed by atoms with Gasteiger partial charge in [0, 0.05) is 13.1 Å². The summed E-state index contributed by atoms with van der Waals surface area (Å²) in [5.74, 6) is 0.259. The Hall–Kier alpha value is -3.05. The maximum absolute atomic E-state index is 12.9. The first-order valence-electron chi connectivity index (χ1n) is 10.4. The van der Waals surface area contributed by atoms with Crippen molar-refractivity contribution in [3.05, 3.63) is 60.7 Å². The fourth-order valence-corrected chi connectivity index (χ4v) is 6.05. The average Bonchev–Trinajstić information content (AvgIpc) is 3.24. The average molecular weight is 484 g/mol. The molecular weight excluding hydrogens is 462 g/mol. The Morgan fingerprint density at radius 3 is 2.67 bits per heavy atom. The molecule has 5 rings (SSSR count). The van der Waals surface area contributed by atoms with Crippen LogP contribution in [0.2, 0.25) is 0 Å². The lowest BCUT2D eigenvalue weighted by molar-refractivity contribution is -0.118. The summed E-state index contributed by atoms with van der Waals surface area (Å²) in [5, 5.41) is 5.24. The number of hydrogen-bond acceptors (Lipinski definition) is 7. The molecule has 0 atom stereocenters. The van der Waals surface area contributed by atoms with Gasteiger partial charge >= 0.3 is 0 Å². The van der Waals surface area contributed by atoms with Crippen LogP contribution in [0.25, 0.3) is 21.0 Å². The van der Waals surface area contributed by atoms with Crippen molar-refractivity contribution in [3.63, 3.8) is 0 Å². The number of thiazole rings is 1. The molecular formula is C23H21N3O5S2. The van der Waals surface area contributed by atoms with Crippen molar-refractivity contribution >= 4 is 53.4 Å². The van der Waals surface area contributed by atoms with Gasteiger partial charge in [0.25, 0.3) is 5.91 Å². The minimum absolute atomic E-state index is 0.162. The number of aromatic nitrogens is 1. The van der Waals surface area contributed by atoms with E-state index in [2.05, 4.69) is 10.3 Å². The molecule has 4 aromatic rings. The van der Waals surface area contributed by atoms with Gasteiger partial charge in [-0.05, 0) is 41.1 Å². The number of sulfonamides is 1. The molecule has 1 saturated heterocycles. The van der Waals surface area contributed by atoms with E-state index in [9.17, 15) is 13.2 Å². The lowest BCUT2D eigenvalue weighted by atomic mass is 10.1. The first-order valence-corrected chi connectivity index (χ1v) is 12.6. The van der Waals surface area contributed by atoms with Crippen molar-refractivity contribution in [2.45, 2.75) is 4.90 Å². The van der Waals surface area contributed by atoms with Crippen LogP contribution in [0.4, 0.5) is 5.13 Å². The summed E-state index contributed by atoms with van der Waals surface area (Å²) >= 11 is 1.22. The Labute approximate surface area is 194 Å². The lowest BCUT2D eigenvalue weighted by Crippen LogP contribution is -2.40. The Bertz CT molecular complexity index is 1430. The Morgan fingerprint density at radius 1 is 1.06 bits per heavy atom. The summed E-state index contributed by atoms with van der Waals surface area (Å²) in [6, 6.07) is 18.4. The van der Waals surface area contributed by atoms with E-state index in [0.717, 1.165) is 10.8 Å². The maximum atomic E-state index is 12.9. The maximum Gasteiger partial charge on any atom is 0.264 e. The molecule has 2 heterocycles. The number of hydrogen-bond donors (Lipinski definition) is 1. The lowest BCUT2D eigenvalue weighted by Gasteiger charge is -2.25. The molecule has 0 unspecified atom stereocenters. The second-order valence-corrected chi connectivity index (χ2v) is 10.5. The van der Waals surface area contributed by atoms with Crippen LogP contribution in [0.3, 0.4) is 0 Å². The van der Waals surface area contributed by atoms with Crippen LogP contribution >= 0.6 is 11.3 Å². The molecule has 1 amide bonds. The van der Waals surface area contributed by atoms with Gasteiger partial charge in [0.05, 0.1) is 28.3 Å². The van der Waals surface area contributed by atoms with Crippen LogP contribution in [-0.4, -0.2) is 56.5 Å². The minimum Gasteiger partial charge on any atom is -0.484 e. The Morgan fingerprint density at radius 2 is 1.85 bits per heavy atom. The number of nitrogens with zero attached hydrogens (tertiary/aromatic N) is 2. The van der Waals surface area contributed by atoms with Gasteiger partial charge in [-0.15, -0.1) is 0 Å². The first-order chi connectivity index (χ1) is 16.0.